The third-order valence-electron chi connectivity index (χ3n) is 5.00. The minimum Gasteiger partial charge on any atom is -0.457 e. The van der Waals surface area contributed by atoms with Crippen LogP contribution in [0.25, 0.3) is 0 Å². The summed E-state index contributed by atoms with van der Waals surface area (Å²) in [6.45, 7) is 7.41. The third-order valence-corrected chi connectivity index (χ3v) is 5.00. The fourth-order valence-corrected chi connectivity index (χ4v) is 4.40. The van der Waals surface area contributed by atoms with Gasteiger partial charge in [-0.05, 0) is 20.9 Å². The molecule has 146 valence electrons. The maximum Gasteiger partial charge on any atom is 0.303 e. The fourth-order valence-electron chi connectivity index (χ4n) is 4.40. The average molecular weight is 371 g/mol. The number of ether oxygens (including phenoxy) is 5. The van der Waals surface area contributed by atoms with Crippen LogP contribution in [0.2, 0.25) is 0 Å². The van der Waals surface area contributed by atoms with E-state index >= 15 is 0 Å². The second-order valence-electron chi connectivity index (χ2n) is 7.43. The van der Waals surface area contributed by atoms with Gasteiger partial charge in [0.25, 0.3) is 0 Å². The molecule has 0 saturated carbocycles. The van der Waals surface area contributed by atoms with Gasteiger partial charge < -0.3 is 23.7 Å². The molecule has 0 aromatic rings. The van der Waals surface area contributed by atoms with Crippen LogP contribution in [0.1, 0.15) is 34.6 Å². The van der Waals surface area contributed by atoms with E-state index < -0.39 is 66.3 Å². The molecule has 3 fully saturated rings. The third kappa shape index (κ3) is 3.19. The number of fused-ring (bicyclic) bond motifs is 5. The number of rotatable bonds is 3. The van der Waals surface area contributed by atoms with E-state index in [1.807, 2.05) is 11.9 Å². The van der Waals surface area contributed by atoms with Crippen molar-refractivity contribution in [3.8, 4) is 0 Å². The zero-order valence-corrected chi connectivity index (χ0v) is 15.8. The van der Waals surface area contributed by atoms with Crippen LogP contribution in [0.15, 0.2) is 0 Å². The van der Waals surface area contributed by atoms with E-state index in [1.54, 1.807) is 13.8 Å². The summed E-state index contributed by atoms with van der Waals surface area (Å²) in [7, 11) is 1.82. The summed E-state index contributed by atoms with van der Waals surface area (Å²) in [6.07, 6.45) is -3.47. The van der Waals surface area contributed by atoms with Crippen molar-refractivity contribution in [1.82, 2.24) is 4.90 Å². The molecule has 3 aliphatic rings. The Morgan fingerprint density at radius 2 is 1.12 bits per heavy atom. The standard InChI is InChI=1S/C17H25NO8/c1-7(19)22-12-10-14-15(26-17(4,5)25-14)11(18(10)6)13(23-8(2)20)16(12)24-9(3)21/h10-16H,1-6H3/t10-,11+,12-,13+,14-,15+,16?. The lowest BCUT2D eigenvalue weighted by Crippen LogP contribution is -2.66. The molecule has 7 atom stereocenters. The van der Waals surface area contributed by atoms with Crippen LogP contribution < -0.4 is 0 Å². The van der Waals surface area contributed by atoms with E-state index in [1.165, 1.54) is 20.8 Å². The van der Waals surface area contributed by atoms with Crippen molar-refractivity contribution < 1.29 is 38.1 Å². The predicted octanol–water partition coefficient (Wildman–Crippen LogP) is -0.00220. The molecule has 3 heterocycles. The number of hydrogen-bond acceptors (Lipinski definition) is 9. The number of piperidine rings is 1. The van der Waals surface area contributed by atoms with Gasteiger partial charge in [0.2, 0.25) is 0 Å². The van der Waals surface area contributed by atoms with Gasteiger partial charge in [0.05, 0.1) is 12.1 Å². The number of carbonyl (C=O) groups excluding carboxylic acids is 3. The molecule has 2 bridgehead atoms. The molecular weight excluding hydrogens is 346 g/mol. The van der Waals surface area contributed by atoms with Crippen LogP contribution in [-0.2, 0) is 38.1 Å². The highest BCUT2D eigenvalue weighted by molar-refractivity contribution is 5.68. The van der Waals surface area contributed by atoms with Gasteiger partial charge in [-0.15, -0.1) is 0 Å². The fraction of sp³-hybridized carbons (Fsp3) is 0.824. The highest BCUT2D eigenvalue weighted by Gasteiger charge is 2.69. The van der Waals surface area contributed by atoms with Crippen molar-refractivity contribution in [3.05, 3.63) is 0 Å². The Kier molecular flexibility index (Phi) is 4.74. The van der Waals surface area contributed by atoms with Crippen molar-refractivity contribution in [2.24, 2.45) is 0 Å². The highest BCUT2D eigenvalue weighted by Crippen LogP contribution is 2.47. The van der Waals surface area contributed by atoms with Crippen LogP contribution in [0.3, 0.4) is 0 Å². The summed E-state index contributed by atoms with van der Waals surface area (Å²) in [5.74, 6) is -2.42. The minimum atomic E-state index is -0.938. The van der Waals surface area contributed by atoms with Crippen molar-refractivity contribution in [1.29, 1.82) is 0 Å². The van der Waals surface area contributed by atoms with Gasteiger partial charge in [0.1, 0.15) is 12.2 Å². The molecule has 0 aliphatic carbocycles. The molecule has 0 aromatic carbocycles. The van der Waals surface area contributed by atoms with Gasteiger partial charge in [-0.1, -0.05) is 0 Å². The molecule has 0 aromatic heterocycles. The van der Waals surface area contributed by atoms with Gasteiger partial charge in [-0.25, -0.2) is 0 Å². The first-order chi connectivity index (χ1) is 12.0. The molecule has 26 heavy (non-hydrogen) atoms. The van der Waals surface area contributed by atoms with Crippen LogP contribution >= 0.6 is 0 Å². The topological polar surface area (TPSA) is 101 Å². The number of nitrogens with zero attached hydrogens (tertiary/aromatic N) is 1. The first kappa shape index (κ1) is 19.1. The molecule has 0 radical (unpaired) electrons. The van der Waals surface area contributed by atoms with Gasteiger partial charge in [0.15, 0.2) is 24.1 Å². The van der Waals surface area contributed by atoms with Gasteiger partial charge >= 0.3 is 17.9 Å². The van der Waals surface area contributed by atoms with Crippen LogP contribution in [0.4, 0.5) is 0 Å². The lowest BCUT2D eigenvalue weighted by atomic mass is 9.93. The summed E-state index contributed by atoms with van der Waals surface area (Å²) in [5.41, 5.74) is 0. The van der Waals surface area contributed by atoms with Crippen LogP contribution in [-0.4, -0.2) is 78.2 Å². The summed E-state index contributed by atoms with van der Waals surface area (Å²) in [6, 6.07) is -0.793. The maximum absolute atomic E-state index is 11.7. The summed E-state index contributed by atoms with van der Waals surface area (Å²) >= 11 is 0. The lowest BCUT2D eigenvalue weighted by molar-refractivity contribution is -0.229. The van der Waals surface area contributed by atoms with Crippen molar-refractivity contribution >= 4 is 17.9 Å². The van der Waals surface area contributed by atoms with Crippen molar-refractivity contribution in [2.75, 3.05) is 7.05 Å². The van der Waals surface area contributed by atoms with E-state index in [4.69, 9.17) is 23.7 Å². The molecule has 9 heteroatoms. The first-order valence-electron chi connectivity index (χ1n) is 8.61. The van der Waals surface area contributed by atoms with Crippen LogP contribution in [0.5, 0.6) is 0 Å². The number of esters is 3. The Hall–Kier alpha value is -1.71. The minimum absolute atomic E-state index is 0.396. The van der Waals surface area contributed by atoms with E-state index in [0.717, 1.165) is 0 Å². The normalized spacial score (nSPS) is 40.6. The van der Waals surface area contributed by atoms with E-state index in [9.17, 15) is 14.4 Å². The summed E-state index contributed by atoms with van der Waals surface area (Å²) in [4.78, 5) is 37.0. The monoisotopic (exact) mass is 371 g/mol. The van der Waals surface area contributed by atoms with E-state index in [2.05, 4.69) is 0 Å². The molecule has 3 aliphatic heterocycles. The number of likely N-dealkylation sites (N-methyl/N-ethyl adjacent to an activating group) is 1. The predicted molar refractivity (Wildman–Crippen MR) is 85.8 cm³/mol. The molecule has 0 N–H and O–H groups in total. The average Bonchev–Trinajstić information content (AvgIpc) is 2.86. The molecule has 3 saturated heterocycles. The molecule has 0 spiro atoms. The smallest absolute Gasteiger partial charge is 0.303 e. The largest absolute Gasteiger partial charge is 0.457 e. The van der Waals surface area contributed by atoms with Crippen LogP contribution in [0, 0.1) is 0 Å². The Morgan fingerprint density at radius 3 is 1.46 bits per heavy atom. The first-order valence-corrected chi connectivity index (χ1v) is 8.61. The van der Waals surface area contributed by atoms with Crippen molar-refractivity contribution in [2.45, 2.75) is 83.0 Å². The Labute approximate surface area is 151 Å². The maximum atomic E-state index is 11.7. The molecule has 9 nitrogen and oxygen atoms in total. The Morgan fingerprint density at radius 1 is 0.769 bits per heavy atom. The SMILES string of the molecule is CC(=O)OC1[C@@H](OC(C)=O)[C@H]2[C@@H]3OC(C)(C)O[C@@H]3[C@@H]([C@H]1OC(C)=O)N2C. The lowest BCUT2D eigenvalue weighted by Gasteiger charge is -2.46. The zero-order chi connectivity index (χ0) is 19.4. The van der Waals surface area contributed by atoms with Crippen molar-refractivity contribution in [3.63, 3.8) is 0 Å². The summed E-state index contributed by atoms with van der Waals surface area (Å²) in [5, 5.41) is 0. The molecule has 0 amide bonds. The Balaban J connectivity index is 2.04. The van der Waals surface area contributed by atoms with Gasteiger partial charge in [-0.3, -0.25) is 19.3 Å². The van der Waals surface area contributed by atoms with Gasteiger partial charge in [-0.2, -0.15) is 0 Å². The second kappa shape index (κ2) is 6.47. The number of hydrogen-bond donors (Lipinski definition) is 0. The van der Waals surface area contributed by atoms with Gasteiger partial charge in [0, 0.05) is 20.8 Å². The quantitative estimate of drug-likeness (QED) is 0.501. The Bertz CT molecular complexity index is 578. The molecular formula is C17H25NO8. The van der Waals surface area contributed by atoms with E-state index in [-0.39, 0.29) is 0 Å². The highest BCUT2D eigenvalue weighted by atomic mass is 16.8. The second-order valence-corrected chi connectivity index (χ2v) is 7.43. The number of carbonyl (C=O) groups is 3. The zero-order valence-electron chi connectivity index (χ0n) is 15.8. The van der Waals surface area contributed by atoms with E-state index in [0.29, 0.717) is 0 Å². The molecule has 1 unspecified atom stereocenters. The molecule has 3 rings (SSSR count). The summed E-state index contributed by atoms with van der Waals surface area (Å²) < 4.78 is 28.5.